The summed E-state index contributed by atoms with van der Waals surface area (Å²) in [5.41, 5.74) is 2.26. The first-order chi connectivity index (χ1) is 10.1. The van der Waals surface area contributed by atoms with Crippen molar-refractivity contribution in [2.75, 3.05) is 26.7 Å². The third kappa shape index (κ3) is 2.99. The Labute approximate surface area is 127 Å². The molecule has 0 spiro atoms. The number of hydrogen-bond donors (Lipinski definition) is 1. The third-order valence-electron chi connectivity index (χ3n) is 4.44. The molecule has 1 aromatic carbocycles. The number of nitrogens with zero attached hydrogens (tertiary/aromatic N) is 2. The van der Waals surface area contributed by atoms with Crippen LogP contribution in [0.25, 0.3) is 0 Å². The molecule has 2 aliphatic heterocycles. The van der Waals surface area contributed by atoms with Gasteiger partial charge in [-0.15, -0.1) is 0 Å². The molecular weight excluding hydrogens is 286 g/mol. The van der Waals surface area contributed by atoms with Crippen molar-refractivity contribution >= 4 is 10.2 Å². The first-order valence-corrected chi connectivity index (χ1v) is 8.97. The van der Waals surface area contributed by atoms with Gasteiger partial charge in [0, 0.05) is 26.2 Å². The summed E-state index contributed by atoms with van der Waals surface area (Å²) in [6.45, 7) is 3.18. The zero-order chi connectivity index (χ0) is 14.9. The summed E-state index contributed by atoms with van der Waals surface area (Å²) in [5.74, 6) is 0.420. The summed E-state index contributed by atoms with van der Waals surface area (Å²) in [6, 6.07) is 7.98. The van der Waals surface area contributed by atoms with Gasteiger partial charge in [0.25, 0.3) is 10.2 Å². The molecule has 2 aliphatic rings. The van der Waals surface area contributed by atoms with Gasteiger partial charge in [-0.25, -0.2) is 0 Å². The van der Waals surface area contributed by atoms with E-state index in [9.17, 15) is 8.42 Å². The topological polar surface area (TPSA) is 52.7 Å². The van der Waals surface area contributed by atoms with Gasteiger partial charge in [0.1, 0.15) is 0 Å². The highest BCUT2D eigenvalue weighted by Crippen LogP contribution is 2.28. The Morgan fingerprint density at radius 1 is 1.19 bits per heavy atom. The standard InChI is InChI=1S/C15H23N3O2S/c1-16-9-13-5-4-8-17(10-13)21(19,20)18-11-14-6-2-3-7-15(14)12-18/h2-3,6-7,13,16H,4-5,8-12H2,1H3. The highest BCUT2D eigenvalue weighted by molar-refractivity contribution is 7.86. The minimum atomic E-state index is -3.34. The zero-order valence-corrected chi connectivity index (χ0v) is 13.3. The van der Waals surface area contributed by atoms with Crippen LogP contribution in [0.3, 0.4) is 0 Å². The number of hydrogen-bond acceptors (Lipinski definition) is 3. The van der Waals surface area contributed by atoms with Crippen LogP contribution in [0.15, 0.2) is 24.3 Å². The van der Waals surface area contributed by atoms with Crippen molar-refractivity contribution in [1.29, 1.82) is 0 Å². The minimum absolute atomic E-state index is 0.420. The van der Waals surface area contributed by atoms with E-state index in [1.165, 1.54) is 0 Å². The number of benzene rings is 1. The molecule has 0 bridgehead atoms. The highest BCUT2D eigenvalue weighted by Gasteiger charge is 2.36. The van der Waals surface area contributed by atoms with Crippen LogP contribution in [0.4, 0.5) is 0 Å². The van der Waals surface area contributed by atoms with E-state index in [4.69, 9.17) is 0 Å². The fourth-order valence-electron chi connectivity index (χ4n) is 3.32. The predicted molar refractivity (Wildman–Crippen MR) is 82.8 cm³/mol. The molecule has 0 radical (unpaired) electrons. The molecule has 1 fully saturated rings. The fraction of sp³-hybridized carbons (Fsp3) is 0.600. The average molecular weight is 309 g/mol. The molecule has 0 saturated carbocycles. The number of fused-ring (bicyclic) bond motifs is 1. The molecule has 0 aliphatic carbocycles. The Balaban J connectivity index is 1.73. The Morgan fingerprint density at radius 3 is 2.48 bits per heavy atom. The molecule has 5 nitrogen and oxygen atoms in total. The fourth-order valence-corrected chi connectivity index (χ4v) is 5.01. The van der Waals surface area contributed by atoms with Crippen molar-refractivity contribution < 1.29 is 8.42 Å². The normalized spacial score (nSPS) is 24.1. The van der Waals surface area contributed by atoms with Crippen LogP contribution in [-0.2, 0) is 23.3 Å². The molecule has 3 rings (SSSR count). The second-order valence-electron chi connectivity index (χ2n) is 5.97. The molecule has 1 N–H and O–H groups in total. The summed E-state index contributed by atoms with van der Waals surface area (Å²) in [6.07, 6.45) is 2.06. The van der Waals surface area contributed by atoms with Gasteiger partial charge in [0.2, 0.25) is 0 Å². The molecule has 116 valence electrons. The van der Waals surface area contributed by atoms with Gasteiger partial charge in [0.15, 0.2) is 0 Å². The molecule has 1 saturated heterocycles. The quantitative estimate of drug-likeness (QED) is 0.908. The highest BCUT2D eigenvalue weighted by atomic mass is 32.2. The second-order valence-corrected chi connectivity index (χ2v) is 7.90. The molecule has 1 atom stereocenters. The van der Waals surface area contributed by atoms with Crippen molar-refractivity contribution in [3.05, 3.63) is 35.4 Å². The van der Waals surface area contributed by atoms with Crippen molar-refractivity contribution in [3.8, 4) is 0 Å². The average Bonchev–Trinajstić information content (AvgIpc) is 2.92. The van der Waals surface area contributed by atoms with E-state index in [1.54, 1.807) is 8.61 Å². The lowest BCUT2D eigenvalue weighted by atomic mass is 10.00. The maximum atomic E-state index is 12.8. The first-order valence-electron chi connectivity index (χ1n) is 7.58. The minimum Gasteiger partial charge on any atom is -0.319 e. The van der Waals surface area contributed by atoms with Crippen LogP contribution in [0.5, 0.6) is 0 Å². The lowest BCUT2D eigenvalue weighted by Crippen LogP contribution is -2.47. The molecule has 1 unspecified atom stereocenters. The van der Waals surface area contributed by atoms with Gasteiger partial charge in [-0.05, 0) is 43.5 Å². The lowest BCUT2D eigenvalue weighted by Gasteiger charge is -2.34. The molecule has 2 heterocycles. The number of nitrogens with one attached hydrogen (secondary N) is 1. The van der Waals surface area contributed by atoms with E-state index in [1.807, 2.05) is 31.3 Å². The Morgan fingerprint density at radius 2 is 1.86 bits per heavy atom. The summed E-state index contributed by atoms with van der Waals surface area (Å²) in [4.78, 5) is 0. The zero-order valence-electron chi connectivity index (χ0n) is 12.5. The van der Waals surface area contributed by atoms with Gasteiger partial charge < -0.3 is 5.32 Å². The summed E-state index contributed by atoms with van der Waals surface area (Å²) in [7, 11) is -1.42. The molecule has 1 aromatic rings. The maximum Gasteiger partial charge on any atom is 0.282 e. The molecule has 21 heavy (non-hydrogen) atoms. The Bertz CT molecular complexity index is 576. The maximum absolute atomic E-state index is 12.8. The Hall–Kier alpha value is -0.950. The van der Waals surface area contributed by atoms with E-state index in [0.717, 1.165) is 30.5 Å². The van der Waals surface area contributed by atoms with E-state index in [2.05, 4.69) is 5.32 Å². The van der Waals surface area contributed by atoms with Gasteiger partial charge in [0.05, 0.1) is 0 Å². The molecular formula is C15H23N3O2S. The second kappa shape index (κ2) is 6.04. The summed E-state index contributed by atoms with van der Waals surface area (Å²) in [5, 5.41) is 3.16. The predicted octanol–water partition coefficient (Wildman–Crippen LogP) is 1.18. The van der Waals surface area contributed by atoms with Crippen LogP contribution in [0.1, 0.15) is 24.0 Å². The SMILES string of the molecule is CNCC1CCCN(S(=O)(=O)N2Cc3ccccc3C2)C1. The Kier molecular flexibility index (Phi) is 4.31. The third-order valence-corrected chi connectivity index (χ3v) is 6.33. The van der Waals surface area contributed by atoms with E-state index < -0.39 is 10.2 Å². The monoisotopic (exact) mass is 309 g/mol. The molecule has 6 heteroatoms. The number of rotatable bonds is 4. The first kappa shape index (κ1) is 15.0. The van der Waals surface area contributed by atoms with Gasteiger partial charge in [-0.1, -0.05) is 24.3 Å². The van der Waals surface area contributed by atoms with E-state index in [-0.39, 0.29) is 0 Å². The van der Waals surface area contributed by atoms with Crippen LogP contribution >= 0.6 is 0 Å². The van der Waals surface area contributed by atoms with Gasteiger partial charge >= 0.3 is 0 Å². The van der Waals surface area contributed by atoms with Crippen LogP contribution in [-0.4, -0.2) is 43.7 Å². The van der Waals surface area contributed by atoms with Gasteiger partial charge in [-0.3, -0.25) is 0 Å². The molecule has 0 amide bonds. The van der Waals surface area contributed by atoms with Crippen LogP contribution in [0.2, 0.25) is 0 Å². The van der Waals surface area contributed by atoms with Crippen molar-refractivity contribution in [2.24, 2.45) is 5.92 Å². The van der Waals surface area contributed by atoms with Crippen LogP contribution in [0, 0.1) is 5.92 Å². The van der Waals surface area contributed by atoms with Crippen molar-refractivity contribution in [3.63, 3.8) is 0 Å². The van der Waals surface area contributed by atoms with E-state index >= 15 is 0 Å². The lowest BCUT2D eigenvalue weighted by molar-refractivity contribution is 0.244. The van der Waals surface area contributed by atoms with Crippen LogP contribution < -0.4 is 5.32 Å². The van der Waals surface area contributed by atoms with Crippen molar-refractivity contribution in [1.82, 2.24) is 13.9 Å². The summed E-state index contributed by atoms with van der Waals surface area (Å²) >= 11 is 0. The molecule has 0 aromatic heterocycles. The van der Waals surface area contributed by atoms with E-state index in [0.29, 0.717) is 32.1 Å². The number of piperidine rings is 1. The summed E-state index contributed by atoms with van der Waals surface area (Å²) < 4.78 is 29.0. The largest absolute Gasteiger partial charge is 0.319 e. The van der Waals surface area contributed by atoms with Crippen molar-refractivity contribution in [2.45, 2.75) is 25.9 Å². The smallest absolute Gasteiger partial charge is 0.282 e. The van der Waals surface area contributed by atoms with Gasteiger partial charge in [-0.2, -0.15) is 17.0 Å².